The molecule has 0 bridgehead atoms. The van der Waals surface area contributed by atoms with Crippen LogP contribution in [0.1, 0.15) is 78.9 Å². The highest BCUT2D eigenvalue weighted by atomic mass is 79.9. The number of nitrogens with zero attached hydrogens (tertiary/aromatic N) is 2. The minimum atomic E-state index is -0.594. The molecule has 0 spiro atoms. The minimum Gasteiger partial charge on any atom is -0.493 e. The van der Waals surface area contributed by atoms with Crippen molar-refractivity contribution in [1.82, 2.24) is 15.5 Å². The smallest absolute Gasteiger partial charge is 0.412 e. The Morgan fingerprint density at radius 2 is 1.70 bits per heavy atom. The summed E-state index contributed by atoms with van der Waals surface area (Å²) < 4.78 is 21.5. The number of carbonyl (C=O) groups excluding carboxylic acids is 3. The number of halogens is 1. The molecule has 0 aliphatic carbocycles. The van der Waals surface area contributed by atoms with E-state index >= 15 is 0 Å². The van der Waals surface area contributed by atoms with Gasteiger partial charge in [0, 0.05) is 36.8 Å². The van der Waals surface area contributed by atoms with Gasteiger partial charge in [0.1, 0.15) is 11.6 Å². The summed E-state index contributed by atoms with van der Waals surface area (Å²) in [5.41, 5.74) is 2.65. The van der Waals surface area contributed by atoms with Crippen LogP contribution >= 0.6 is 16.1 Å². The lowest BCUT2D eigenvalue weighted by Crippen LogP contribution is -2.31. The van der Waals surface area contributed by atoms with Crippen molar-refractivity contribution in [2.24, 2.45) is 4.02 Å². The van der Waals surface area contributed by atoms with Gasteiger partial charge in [-0.1, -0.05) is 20.8 Å². The van der Waals surface area contributed by atoms with Gasteiger partial charge in [0.15, 0.2) is 17.3 Å². The second kappa shape index (κ2) is 13.2. The molecule has 1 heterocycles. The lowest BCUT2D eigenvalue weighted by molar-refractivity contribution is 0.0953. The quantitative estimate of drug-likeness (QED) is 0.360. The van der Waals surface area contributed by atoms with E-state index in [-0.39, 0.29) is 18.2 Å². The lowest BCUT2D eigenvalue weighted by atomic mass is 9.84. The van der Waals surface area contributed by atoms with Crippen molar-refractivity contribution >= 4 is 39.8 Å². The molecule has 3 rings (SSSR count). The van der Waals surface area contributed by atoms with Crippen LogP contribution in [0.15, 0.2) is 28.3 Å². The molecular weight excluding hydrogens is 580 g/mol. The average molecular weight is 618 g/mol. The molecule has 1 aliphatic rings. The van der Waals surface area contributed by atoms with E-state index in [0.29, 0.717) is 66.1 Å². The van der Waals surface area contributed by atoms with E-state index < -0.39 is 11.5 Å². The Labute approximate surface area is 243 Å². The molecule has 0 atom stereocenters. The Bertz CT molecular complexity index is 1320. The van der Waals surface area contributed by atoms with Crippen molar-refractivity contribution < 1.29 is 28.6 Å². The Balaban J connectivity index is 1.99. The van der Waals surface area contributed by atoms with Gasteiger partial charge in [-0.3, -0.25) is 9.59 Å². The highest BCUT2D eigenvalue weighted by Crippen LogP contribution is 2.40. The first-order valence-electron chi connectivity index (χ1n) is 13.2. The Morgan fingerprint density at radius 1 is 1.02 bits per heavy atom. The zero-order valence-electron chi connectivity index (χ0n) is 24.1. The molecule has 0 saturated heterocycles. The van der Waals surface area contributed by atoms with E-state index in [0.717, 1.165) is 11.1 Å². The summed E-state index contributed by atoms with van der Waals surface area (Å²) in [5, 5.41) is 5.27. The number of nitrogens with one attached hydrogen (secondary N) is 2. The normalized spacial score (nSPS) is 13.6. The van der Waals surface area contributed by atoms with Crippen molar-refractivity contribution in [3.63, 3.8) is 0 Å². The highest BCUT2D eigenvalue weighted by molar-refractivity contribution is 9.08. The number of hydrogen-bond acceptors (Lipinski definition) is 7. The molecular formula is C29H37BrN4O6. The number of hydrogen-bond donors (Lipinski definition) is 2. The summed E-state index contributed by atoms with van der Waals surface area (Å²) >= 11 is 3.20. The van der Waals surface area contributed by atoms with E-state index in [4.69, 9.17) is 14.2 Å². The molecule has 40 heavy (non-hydrogen) atoms. The number of amides is 2. The maximum Gasteiger partial charge on any atom is 0.412 e. The third-order valence-electron chi connectivity index (χ3n) is 6.29. The van der Waals surface area contributed by atoms with E-state index in [1.807, 2.05) is 45.6 Å². The zero-order valence-corrected chi connectivity index (χ0v) is 25.7. The van der Waals surface area contributed by atoms with Crippen LogP contribution < -0.4 is 24.8 Å². The van der Waals surface area contributed by atoms with Gasteiger partial charge in [0.2, 0.25) is 0 Å². The SMILES string of the molecule is CCNC(=O)Oc1c(OCC)cc(C(=O)CN2Cc3cc(OCC)c(C(=O)NC)cc3/C2=N/Br)cc1C(C)(C)C. The lowest BCUT2D eigenvalue weighted by Gasteiger charge is -2.25. The molecule has 0 aromatic heterocycles. The molecule has 216 valence electrons. The van der Waals surface area contributed by atoms with Crippen LogP contribution in [0.25, 0.3) is 0 Å². The third-order valence-corrected chi connectivity index (χ3v) is 6.63. The van der Waals surface area contributed by atoms with Crippen LogP contribution in [0.4, 0.5) is 4.79 Å². The Morgan fingerprint density at radius 3 is 2.27 bits per heavy atom. The van der Waals surface area contributed by atoms with Crippen LogP contribution in [0.3, 0.4) is 0 Å². The van der Waals surface area contributed by atoms with Gasteiger partial charge in [-0.15, -0.1) is 0 Å². The number of ketones is 1. The molecule has 2 aromatic carbocycles. The van der Waals surface area contributed by atoms with Gasteiger partial charge >= 0.3 is 6.09 Å². The number of Topliss-reactive ketones (excluding diaryl/α,β-unsaturated/α-hetero) is 1. The molecule has 2 aromatic rings. The topological polar surface area (TPSA) is 119 Å². The number of carbonyl (C=O) groups is 3. The van der Waals surface area contributed by atoms with E-state index in [1.54, 1.807) is 32.2 Å². The molecule has 1 aliphatic heterocycles. The van der Waals surface area contributed by atoms with Crippen LogP contribution in [-0.4, -0.2) is 61.9 Å². The molecule has 2 amide bonds. The first-order valence-corrected chi connectivity index (χ1v) is 14.0. The second-order valence-electron chi connectivity index (χ2n) is 10.2. The molecule has 11 heteroatoms. The van der Waals surface area contributed by atoms with Crippen molar-refractivity contribution in [3.05, 3.63) is 52.1 Å². The minimum absolute atomic E-state index is 0.0179. The van der Waals surface area contributed by atoms with Crippen LogP contribution in [0.2, 0.25) is 0 Å². The average Bonchev–Trinajstić information content (AvgIpc) is 3.23. The number of amidine groups is 1. The number of benzene rings is 2. The Kier molecular flexibility index (Phi) is 10.2. The molecule has 0 radical (unpaired) electrons. The van der Waals surface area contributed by atoms with E-state index in [1.165, 1.54) is 0 Å². The van der Waals surface area contributed by atoms with Gasteiger partial charge in [0.25, 0.3) is 5.91 Å². The predicted octanol–water partition coefficient (Wildman–Crippen LogP) is 5.00. The van der Waals surface area contributed by atoms with Gasteiger partial charge in [-0.2, -0.15) is 4.02 Å². The summed E-state index contributed by atoms with van der Waals surface area (Å²) in [6.45, 7) is 13.0. The number of rotatable bonds is 10. The number of ether oxygens (including phenoxy) is 3. The third kappa shape index (κ3) is 6.75. The fraction of sp³-hybridized carbons (Fsp3) is 0.448. The summed E-state index contributed by atoms with van der Waals surface area (Å²) in [4.78, 5) is 40.4. The van der Waals surface area contributed by atoms with Crippen LogP contribution in [-0.2, 0) is 12.0 Å². The largest absolute Gasteiger partial charge is 0.493 e. The van der Waals surface area contributed by atoms with Crippen molar-refractivity contribution in [2.45, 2.75) is 53.5 Å². The number of fused-ring (bicyclic) bond motifs is 1. The monoisotopic (exact) mass is 616 g/mol. The molecule has 0 fully saturated rings. The van der Waals surface area contributed by atoms with Gasteiger partial charge in [-0.25, -0.2) is 4.79 Å². The van der Waals surface area contributed by atoms with E-state index in [2.05, 4.69) is 30.8 Å². The van der Waals surface area contributed by atoms with Gasteiger partial charge in [0.05, 0.1) is 41.5 Å². The fourth-order valence-corrected chi connectivity index (χ4v) is 4.87. The summed E-state index contributed by atoms with van der Waals surface area (Å²) in [6, 6.07) is 6.93. The highest BCUT2D eigenvalue weighted by Gasteiger charge is 2.32. The van der Waals surface area contributed by atoms with Crippen molar-refractivity contribution in [1.29, 1.82) is 0 Å². The first-order chi connectivity index (χ1) is 19.0. The maximum absolute atomic E-state index is 13.7. The van der Waals surface area contributed by atoms with E-state index in [9.17, 15) is 14.4 Å². The predicted molar refractivity (Wildman–Crippen MR) is 157 cm³/mol. The van der Waals surface area contributed by atoms with Crippen LogP contribution in [0.5, 0.6) is 17.2 Å². The van der Waals surface area contributed by atoms with Gasteiger partial charge < -0.3 is 29.7 Å². The molecule has 10 nitrogen and oxygen atoms in total. The fourth-order valence-electron chi connectivity index (χ4n) is 4.45. The summed E-state index contributed by atoms with van der Waals surface area (Å²) in [7, 11) is 1.56. The van der Waals surface area contributed by atoms with Crippen molar-refractivity contribution in [2.75, 3.05) is 33.4 Å². The zero-order chi connectivity index (χ0) is 29.6. The Hall–Kier alpha value is -3.60. The molecule has 0 saturated carbocycles. The maximum atomic E-state index is 13.7. The van der Waals surface area contributed by atoms with Gasteiger partial charge in [-0.05, 0) is 56.0 Å². The second-order valence-corrected chi connectivity index (χ2v) is 10.5. The van der Waals surface area contributed by atoms with Crippen LogP contribution in [0, 0.1) is 0 Å². The summed E-state index contributed by atoms with van der Waals surface area (Å²) in [5.74, 6) is 1.17. The van der Waals surface area contributed by atoms with Crippen molar-refractivity contribution in [3.8, 4) is 17.2 Å². The first kappa shape index (κ1) is 30.9. The summed E-state index contributed by atoms with van der Waals surface area (Å²) in [6.07, 6.45) is -0.594. The molecule has 2 N–H and O–H groups in total. The molecule has 0 unspecified atom stereocenters. The standard InChI is InChI=1S/C29H37BrN4O6/c1-8-32-28(37)40-25-21(29(4,5)6)11-17(12-24(25)39-10-3)22(35)16-34-15-18-13-23(38-9-2)20(27(36)31-7)14-19(18)26(34)33-30/h11-14H,8-10,15-16H2,1-7H3,(H,31,36)(H,32,37)/b33-26-.